The van der Waals surface area contributed by atoms with Gasteiger partial charge in [-0.25, -0.2) is 14.8 Å². The lowest BCUT2D eigenvalue weighted by Gasteiger charge is -2.33. The molecule has 2 amide bonds. The van der Waals surface area contributed by atoms with Gasteiger partial charge in [-0.15, -0.1) is 0 Å². The smallest absolute Gasteiger partial charge is 0.410 e. The summed E-state index contributed by atoms with van der Waals surface area (Å²) in [5, 5.41) is 6.64. The Morgan fingerprint density at radius 1 is 1.16 bits per heavy atom. The Morgan fingerprint density at radius 3 is 2.70 bits per heavy atom. The van der Waals surface area contributed by atoms with E-state index >= 15 is 0 Å². The van der Waals surface area contributed by atoms with Crippen molar-refractivity contribution in [2.45, 2.75) is 52.1 Å². The molecule has 2 aliphatic heterocycles. The molecule has 4 heterocycles. The second-order valence-electron chi connectivity index (χ2n) is 10.5. The van der Waals surface area contributed by atoms with Crippen molar-refractivity contribution in [3.63, 3.8) is 0 Å². The molecular weight excluding hydrogens is 496 g/mol. The Morgan fingerprint density at radius 2 is 1.95 bits per heavy atom. The van der Waals surface area contributed by atoms with Gasteiger partial charge in [-0.1, -0.05) is 11.6 Å². The molecular formula is C26H35ClN6O4. The monoisotopic (exact) mass is 530 g/mol. The molecule has 2 aromatic rings. The molecule has 0 saturated carbocycles. The highest BCUT2D eigenvalue weighted by molar-refractivity contribution is 6.33. The van der Waals surface area contributed by atoms with Crippen molar-refractivity contribution >= 4 is 35.2 Å². The number of hydrogen-bond acceptors (Lipinski definition) is 8. The molecule has 1 atom stereocenters. The number of hydrogen-bond donors (Lipinski definition) is 2. The van der Waals surface area contributed by atoms with Crippen molar-refractivity contribution in [1.82, 2.24) is 19.9 Å². The van der Waals surface area contributed by atoms with Gasteiger partial charge in [-0.2, -0.15) is 0 Å². The lowest BCUT2D eigenvalue weighted by molar-refractivity contribution is -0.121. The zero-order valence-corrected chi connectivity index (χ0v) is 22.4. The van der Waals surface area contributed by atoms with Crippen molar-refractivity contribution in [1.29, 1.82) is 0 Å². The number of halogens is 1. The molecule has 0 aromatic carbocycles. The van der Waals surface area contributed by atoms with Gasteiger partial charge >= 0.3 is 6.09 Å². The maximum absolute atomic E-state index is 13.0. The summed E-state index contributed by atoms with van der Waals surface area (Å²) in [5.41, 5.74) is 0.609. The molecule has 37 heavy (non-hydrogen) atoms. The number of carbonyl (C=O) groups excluding carboxylic acids is 2. The lowest BCUT2D eigenvalue weighted by atomic mass is 9.97. The molecule has 2 saturated heterocycles. The predicted molar refractivity (Wildman–Crippen MR) is 141 cm³/mol. The molecule has 11 heteroatoms. The first-order chi connectivity index (χ1) is 17.7. The number of anilines is 2. The quantitative estimate of drug-likeness (QED) is 0.555. The second kappa shape index (κ2) is 12.0. The summed E-state index contributed by atoms with van der Waals surface area (Å²) in [5.74, 6) is 0.997. The molecule has 2 fully saturated rings. The minimum Gasteiger partial charge on any atom is -0.444 e. The summed E-state index contributed by atoms with van der Waals surface area (Å²) in [4.78, 5) is 40.4. The van der Waals surface area contributed by atoms with Gasteiger partial charge in [0, 0.05) is 44.6 Å². The van der Waals surface area contributed by atoms with Gasteiger partial charge in [0.15, 0.2) is 0 Å². The van der Waals surface area contributed by atoms with Crippen LogP contribution >= 0.6 is 11.6 Å². The van der Waals surface area contributed by atoms with Crippen LogP contribution < -0.4 is 10.6 Å². The van der Waals surface area contributed by atoms with Crippen molar-refractivity contribution in [3.05, 3.63) is 29.7 Å². The molecule has 0 spiro atoms. The van der Waals surface area contributed by atoms with E-state index in [1.165, 1.54) is 6.20 Å². The fourth-order valence-electron chi connectivity index (χ4n) is 4.40. The van der Waals surface area contributed by atoms with E-state index in [0.29, 0.717) is 53.3 Å². The average molecular weight is 531 g/mol. The van der Waals surface area contributed by atoms with Crippen LogP contribution in [0.3, 0.4) is 0 Å². The molecule has 0 radical (unpaired) electrons. The van der Waals surface area contributed by atoms with E-state index in [-0.39, 0.29) is 11.8 Å². The molecule has 2 aliphatic rings. The van der Waals surface area contributed by atoms with Crippen molar-refractivity contribution in [2.75, 3.05) is 43.5 Å². The van der Waals surface area contributed by atoms with E-state index in [1.807, 2.05) is 20.8 Å². The van der Waals surface area contributed by atoms with Gasteiger partial charge in [0.25, 0.3) is 0 Å². The molecule has 2 aromatic heterocycles. The Balaban J connectivity index is 1.40. The Labute approximate surface area is 222 Å². The van der Waals surface area contributed by atoms with E-state index in [0.717, 1.165) is 39.0 Å². The summed E-state index contributed by atoms with van der Waals surface area (Å²) in [7, 11) is 0. The molecule has 4 rings (SSSR count). The van der Waals surface area contributed by atoms with Crippen LogP contribution in [-0.2, 0) is 14.3 Å². The minimum absolute atomic E-state index is 0.202. The third-order valence-electron chi connectivity index (χ3n) is 6.37. The standard InChI is InChI=1S/C26H35ClN6O4/c1-26(2,3)37-25(35)33-8-4-5-18(16-33)24(34)32-22-11-19(20(27)13-30-22)21-14-28-15-23(31-21)29-12-17-6-9-36-10-7-17/h11,13-15,17-18H,4-10,12,16H2,1-3H3,(H,29,31)(H,30,32,34). The van der Waals surface area contributed by atoms with Crippen LogP contribution in [0.1, 0.15) is 46.5 Å². The summed E-state index contributed by atoms with van der Waals surface area (Å²) in [6.45, 7) is 8.72. The first-order valence-electron chi connectivity index (χ1n) is 12.8. The molecule has 2 N–H and O–H groups in total. The maximum Gasteiger partial charge on any atom is 0.410 e. The predicted octanol–water partition coefficient (Wildman–Crippen LogP) is 4.62. The van der Waals surface area contributed by atoms with E-state index in [4.69, 9.17) is 21.1 Å². The number of piperidine rings is 1. The van der Waals surface area contributed by atoms with Gasteiger partial charge in [-0.3, -0.25) is 9.78 Å². The summed E-state index contributed by atoms with van der Waals surface area (Å²) < 4.78 is 10.9. The van der Waals surface area contributed by atoms with Crippen molar-refractivity contribution < 1.29 is 19.1 Å². The van der Waals surface area contributed by atoms with Crippen LogP contribution in [0, 0.1) is 11.8 Å². The number of nitrogens with one attached hydrogen (secondary N) is 2. The fourth-order valence-corrected chi connectivity index (χ4v) is 4.60. The summed E-state index contributed by atoms with van der Waals surface area (Å²) in [6.07, 6.45) is 7.85. The van der Waals surface area contributed by atoms with Crippen LogP contribution in [0.15, 0.2) is 24.7 Å². The van der Waals surface area contributed by atoms with Gasteiger partial charge in [-0.05, 0) is 58.4 Å². The number of amides is 2. The highest BCUT2D eigenvalue weighted by Crippen LogP contribution is 2.29. The first kappa shape index (κ1) is 27.1. The largest absolute Gasteiger partial charge is 0.444 e. The third kappa shape index (κ3) is 7.75. The SMILES string of the molecule is CC(C)(C)OC(=O)N1CCCC(C(=O)Nc2cc(-c3cncc(NCC4CCOCC4)n3)c(Cl)cn2)C1. The number of ether oxygens (including phenoxy) is 2. The average Bonchev–Trinajstić information content (AvgIpc) is 2.88. The first-order valence-corrected chi connectivity index (χ1v) is 13.1. The molecule has 10 nitrogen and oxygen atoms in total. The molecule has 1 unspecified atom stereocenters. The van der Waals surface area contributed by atoms with Crippen molar-refractivity contribution in [3.8, 4) is 11.3 Å². The topological polar surface area (TPSA) is 119 Å². The van der Waals surface area contributed by atoms with E-state index < -0.39 is 11.7 Å². The van der Waals surface area contributed by atoms with Crippen LogP contribution in [-0.4, -0.2) is 70.3 Å². The fraction of sp³-hybridized carbons (Fsp3) is 0.577. The number of rotatable bonds is 6. The van der Waals surface area contributed by atoms with Crippen LogP contribution in [0.4, 0.5) is 16.4 Å². The highest BCUT2D eigenvalue weighted by atomic mass is 35.5. The van der Waals surface area contributed by atoms with E-state index in [9.17, 15) is 9.59 Å². The Kier molecular flexibility index (Phi) is 8.81. The van der Waals surface area contributed by atoms with Gasteiger partial charge < -0.3 is 25.0 Å². The number of carbonyl (C=O) groups is 2. The maximum atomic E-state index is 13.0. The molecule has 200 valence electrons. The third-order valence-corrected chi connectivity index (χ3v) is 6.67. The molecule has 0 bridgehead atoms. The highest BCUT2D eigenvalue weighted by Gasteiger charge is 2.31. The zero-order chi connectivity index (χ0) is 26.4. The van der Waals surface area contributed by atoms with E-state index in [1.54, 1.807) is 23.4 Å². The summed E-state index contributed by atoms with van der Waals surface area (Å²) in [6, 6.07) is 1.70. The zero-order valence-electron chi connectivity index (χ0n) is 21.6. The number of likely N-dealkylation sites (tertiary alicyclic amines) is 1. The van der Waals surface area contributed by atoms with Gasteiger partial charge in [0.1, 0.15) is 17.2 Å². The molecule has 0 aliphatic carbocycles. The second-order valence-corrected chi connectivity index (χ2v) is 10.9. The van der Waals surface area contributed by atoms with Crippen LogP contribution in [0.25, 0.3) is 11.3 Å². The van der Waals surface area contributed by atoms with E-state index in [2.05, 4.69) is 25.6 Å². The lowest BCUT2D eigenvalue weighted by Crippen LogP contribution is -2.45. The number of aromatic nitrogens is 3. The van der Waals surface area contributed by atoms with Crippen molar-refractivity contribution in [2.24, 2.45) is 11.8 Å². The number of nitrogens with zero attached hydrogens (tertiary/aromatic N) is 4. The normalized spacial score (nSPS) is 18.8. The Bertz CT molecular complexity index is 1100. The number of pyridine rings is 1. The van der Waals surface area contributed by atoms with Gasteiger partial charge in [0.2, 0.25) is 5.91 Å². The minimum atomic E-state index is -0.587. The van der Waals surface area contributed by atoms with Gasteiger partial charge in [0.05, 0.1) is 29.0 Å². The summed E-state index contributed by atoms with van der Waals surface area (Å²) >= 11 is 6.44. The van der Waals surface area contributed by atoms with Crippen LogP contribution in [0.5, 0.6) is 0 Å². The van der Waals surface area contributed by atoms with Crippen LogP contribution in [0.2, 0.25) is 5.02 Å². The Hall–Kier alpha value is -2.98.